The van der Waals surface area contributed by atoms with E-state index in [4.69, 9.17) is 16.3 Å². The normalized spacial score (nSPS) is 16.4. The Kier molecular flexibility index (Phi) is 6.59. The van der Waals surface area contributed by atoms with Crippen LogP contribution >= 0.6 is 22.9 Å². The van der Waals surface area contributed by atoms with Gasteiger partial charge >= 0.3 is 5.97 Å². The minimum Gasteiger partial charge on any atom is -0.465 e. The highest BCUT2D eigenvalue weighted by atomic mass is 35.5. The lowest BCUT2D eigenvalue weighted by molar-refractivity contribution is -0.121. The molecule has 8 heteroatoms. The van der Waals surface area contributed by atoms with Gasteiger partial charge in [0.1, 0.15) is 5.00 Å². The molecule has 1 N–H and O–H groups in total. The SMILES string of the molecule is COC(=O)c1c(NC(=O)C2CCCN(C(=O)c3ccc(Cl)cc3)C2)sc(C)c1C. The van der Waals surface area contributed by atoms with Gasteiger partial charge in [0.05, 0.1) is 18.6 Å². The van der Waals surface area contributed by atoms with Crippen molar-refractivity contribution < 1.29 is 19.1 Å². The van der Waals surface area contributed by atoms with Crippen LogP contribution in [0.2, 0.25) is 5.02 Å². The Morgan fingerprint density at radius 1 is 1.21 bits per heavy atom. The molecule has 2 heterocycles. The van der Waals surface area contributed by atoms with Crippen molar-refractivity contribution in [3.63, 3.8) is 0 Å². The van der Waals surface area contributed by atoms with Crippen LogP contribution in [0.15, 0.2) is 24.3 Å². The third kappa shape index (κ3) is 4.62. The van der Waals surface area contributed by atoms with Crippen molar-refractivity contribution in [3.8, 4) is 0 Å². The van der Waals surface area contributed by atoms with Gasteiger partial charge in [-0.3, -0.25) is 9.59 Å². The number of esters is 1. The number of piperidine rings is 1. The lowest BCUT2D eigenvalue weighted by Gasteiger charge is -2.32. The highest BCUT2D eigenvalue weighted by molar-refractivity contribution is 7.16. The van der Waals surface area contributed by atoms with Crippen LogP contribution in [-0.4, -0.2) is 42.9 Å². The van der Waals surface area contributed by atoms with Crippen LogP contribution < -0.4 is 5.32 Å². The fourth-order valence-electron chi connectivity index (χ4n) is 3.43. The van der Waals surface area contributed by atoms with E-state index in [1.807, 2.05) is 13.8 Å². The minimum absolute atomic E-state index is 0.114. The number of ether oxygens (including phenoxy) is 1. The number of carbonyl (C=O) groups is 3. The van der Waals surface area contributed by atoms with Crippen molar-refractivity contribution in [1.82, 2.24) is 4.90 Å². The maximum absolute atomic E-state index is 12.9. The number of aryl methyl sites for hydroxylation is 1. The minimum atomic E-state index is -0.467. The molecule has 2 amide bonds. The Balaban J connectivity index is 1.72. The molecule has 6 nitrogen and oxygen atoms in total. The molecule has 0 saturated carbocycles. The molecule has 1 aliphatic heterocycles. The average molecular weight is 435 g/mol. The first-order chi connectivity index (χ1) is 13.8. The van der Waals surface area contributed by atoms with Crippen LogP contribution in [0, 0.1) is 19.8 Å². The number of benzene rings is 1. The second-order valence-electron chi connectivity index (χ2n) is 7.07. The van der Waals surface area contributed by atoms with Gasteiger partial charge < -0.3 is 15.0 Å². The highest BCUT2D eigenvalue weighted by Gasteiger charge is 2.30. The van der Waals surface area contributed by atoms with E-state index in [1.54, 1.807) is 29.2 Å². The fraction of sp³-hybridized carbons (Fsp3) is 0.381. The van der Waals surface area contributed by atoms with E-state index in [2.05, 4.69) is 5.32 Å². The summed E-state index contributed by atoms with van der Waals surface area (Å²) < 4.78 is 4.86. The van der Waals surface area contributed by atoms with Crippen LogP contribution in [0.25, 0.3) is 0 Å². The van der Waals surface area contributed by atoms with Gasteiger partial charge in [-0.1, -0.05) is 11.6 Å². The zero-order valence-electron chi connectivity index (χ0n) is 16.6. The molecule has 1 saturated heterocycles. The summed E-state index contributed by atoms with van der Waals surface area (Å²) in [6.07, 6.45) is 1.43. The molecular weight excluding hydrogens is 412 g/mol. The van der Waals surface area contributed by atoms with Gasteiger partial charge in [0.15, 0.2) is 0 Å². The van der Waals surface area contributed by atoms with Crippen molar-refractivity contribution in [3.05, 3.63) is 50.9 Å². The number of thiophene rings is 1. The van der Waals surface area contributed by atoms with Gasteiger partial charge in [-0.2, -0.15) is 0 Å². The van der Waals surface area contributed by atoms with Gasteiger partial charge in [-0.25, -0.2) is 4.79 Å². The standard InChI is InChI=1S/C21H23ClN2O4S/c1-12-13(2)29-19(17(12)21(27)28-3)23-18(25)15-5-4-10-24(11-15)20(26)14-6-8-16(22)9-7-14/h6-9,15H,4-5,10-11H2,1-3H3,(H,23,25). The summed E-state index contributed by atoms with van der Waals surface area (Å²) in [5, 5.41) is 3.96. The highest BCUT2D eigenvalue weighted by Crippen LogP contribution is 2.33. The number of hydrogen-bond donors (Lipinski definition) is 1. The molecule has 29 heavy (non-hydrogen) atoms. The number of nitrogens with zero attached hydrogens (tertiary/aromatic N) is 1. The average Bonchev–Trinajstić information content (AvgIpc) is 3.00. The van der Waals surface area contributed by atoms with E-state index < -0.39 is 5.97 Å². The summed E-state index contributed by atoms with van der Waals surface area (Å²) in [5.41, 5.74) is 1.75. The van der Waals surface area contributed by atoms with Crippen LogP contribution in [0.5, 0.6) is 0 Å². The Bertz CT molecular complexity index is 939. The Labute approximate surface area is 178 Å². The quantitative estimate of drug-likeness (QED) is 0.728. The number of hydrogen-bond acceptors (Lipinski definition) is 5. The van der Waals surface area contributed by atoms with Crippen molar-refractivity contribution in [2.75, 3.05) is 25.5 Å². The number of likely N-dealkylation sites (tertiary alicyclic amines) is 1. The van der Waals surface area contributed by atoms with Crippen molar-refractivity contribution in [2.24, 2.45) is 5.92 Å². The summed E-state index contributed by atoms with van der Waals surface area (Å²) in [6, 6.07) is 6.74. The first kappa shape index (κ1) is 21.3. The van der Waals surface area contributed by atoms with E-state index >= 15 is 0 Å². The molecule has 0 spiro atoms. The summed E-state index contributed by atoms with van der Waals surface area (Å²) in [6.45, 7) is 4.68. The number of anilines is 1. The molecular formula is C21H23ClN2O4S. The van der Waals surface area contributed by atoms with E-state index in [-0.39, 0.29) is 17.7 Å². The number of amides is 2. The zero-order chi connectivity index (χ0) is 21.1. The number of halogens is 1. The summed E-state index contributed by atoms with van der Waals surface area (Å²) in [5.74, 6) is -1.11. The predicted octanol–water partition coefficient (Wildman–Crippen LogP) is 4.30. The maximum Gasteiger partial charge on any atom is 0.341 e. The Morgan fingerprint density at radius 2 is 1.90 bits per heavy atom. The van der Waals surface area contributed by atoms with Gasteiger partial charge in [-0.15, -0.1) is 11.3 Å². The van der Waals surface area contributed by atoms with Crippen molar-refractivity contribution in [1.29, 1.82) is 0 Å². The summed E-state index contributed by atoms with van der Waals surface area (Å²) in [7, 11) is 1.32. The third-order valence-corrected chi connectivity index (χ3v) is 6.56. The largest absolute Gasteiger partial charge is 0.465 e. The molecule has 1 aliphatic rings. The van der Waals surface area contributed by atoms with E-state index in [0.717, 1.165) is 16.9 Å². The number of nitrogens with one attached hydrogen (secondary N) is 1. The van der Waals surface area contributed by atoms with Crippen LogP contribution in [-0.2, 0) is 9.53 Å². The van der Waals surface area contributed by atoms with Gasteiger partial charge in [0.25, 0.3) is 5.91 Å². The number of methoxy groups -OCH3 is 1. The summed E-state index contributed by atoms with van der Waals surface area (Å²) in [4.78, 5) is 40.4. The van der Waals surface area contributed by atoms with E-state index in [9.17, 15) is 14.4 Å². The zero-order valence-corrected chi connectivity index (χ0v) is 18.2. The van der Waals surface area contributed by atoms with Crippen LogP contribution in [0.3, 0.4) is 0 Å². The molecule has 0 bridgehead atoms. The molecule has 0 radical (unpaired) electrons. The first-order valence-corrected chi connectivity index (χ1v) is 10.5. The molecule has 1 aromatic carbocycles. The molecule has 0 aliphatic carbocycles. The van der Waals surface area contributed by atoms with Gasteiger partial charge in [0, 0.05) is 28.6 Å². The molecule has 1 atom stereocenters. The summed E-state index contributed by atoms with van der Waals surface area (Å²) >= 11 is 7.25. The monoisotopic (exact) mass is 434 g/mol. The lowest BCUT2D eigenvalue weighted by Crippen LogP contribution is -2.43. The predicted molar refractivity (Wildman–Crippen MR) is 114 cm³/mol. The van der Waals surface area contributed by atoms with Crippen molar-refractivity contribution in [2.45, 2.75) is 26.7 Å². The first-order valence-electron chi connectivity index (χ1n) is 9.35. The molecule has 3 rings (SSSR count). The molecule has 1 fully saturated rings. The Hall–Kier alpha value is -2.38. The van der Waals surface area contributed by atoms with Gasteiger partial charge in [-0.05, 0) is 56.5 Å². The number of rotatable bonds is 4. The van der Waals surface area contributed by atoms with E-state index in [0.29, 0.717) is 40.7 Å². The molecule has 1 aromatic heterocycles. The smallest absolute Gasteiger partial charge is 0.341 e. The van der Waals surface area contributed by atoms with Gasteiger partial charge in [0.2, 0.25) is 5.91 Å². The molecule has 2 aromatic rings. The van der Waals surface area contributed by atoms with Crippen LogP contribution in [0.4, 0.5) is 5.00 Å². The number of carbonyl (C=O) groups excluding carboxylic acids is 3. The van der Waals surface area contributed by atoms with E-state index in [1.165, 1.54) is 18.4 Å². The second-order valence-corrected chi connectivity index (χ2v) is 8.73. The molecule has 154 valence electrons. The topological polar surface area (TPSA) is 75.7 Å². The lowest BCUT2D eigenvalue weighted by atomic mass is 9.96. The third-order valence-electron chi connectivity index (χ3n) is 5.18. The van der Waals surface area contributed by atoms with Crippen molar-refractivity contribution >= 4 is 45.7 Å². The van der Waals surface area contributed by atoms with Crippen LogP contribution in [0.1, 0.15) is 44.0 Å². The Morgan fingerprint density at radius 3 is 2.55 bits per heavy atom. The maximum atomic E-state index is 12.9. The molecule has 1 unspecified atom stereocenters. The second kappa shape index (κ2) is 8.97. The fourth-order valence-corrected chi connectivity index (χ4v) is 4.60.